The van der Waals surface area contributed by atoms with Crippen LogP contribution in [0.5, 0.6) is 5.75 Å². The molecule has 11 heteroatoms. The van der Waals surface area contributed by atoms with Gasteiger partial charge in [-0.05, 0) is 76.8 Å². The zero-order valence-corrected chi connectivity index (χ0v) is 23.8. The van der Waals surface area contributed by atoms with Crippen LogP contribution in [-0.2, 0) is 28.9 Å². The van der Waals surface area contributed by atoms with E-state index in [2.05, 4.69) is 0 Å². The first-order valence-corrected chi connectivity index (χ1v) is 14.0. The van der Waals surface area contributed by atoms with Gasteiger partial charge in [-0.15, -0.1) is 0 Å². The minimum atomic E-state index is -4.01. The van der Waals surface area contributed by atoms with Crippen molar-refractivity contribution in [3.63, 3.8) is 0 Å². The Morgan fingerprint density at radius 2 is 1.82 bits per heavy atom. The third-order valence-electron chi connectivity index (χ3n) is 7.68. The molecule has 4 rings (SSSR count). The number of aliphatic carboxylic acids is 1. The normalized spacial score (nSPS) is 21.9. The molecule has 2 aromatic rings. The Morgan fingerprint density at radius 3 is 2.39 bits per heavy atom. The Kier molecular flexibility index (Phi) is 7.37. The van der Waals surface area contributed by atoms with Crippen LogP contribution < -0.4 is 14.5 Å². The average molecular weight is 545 g/mol. The molecule has 2 atom stereocenters. The van der Waals surface area contributed by atoms with Gasteiger partial charge in [0, 0.05) is 13.5 Å². The summed E-state index contributed by atoms with van der Waals surface area (Å²) in [6, 6.07) is 11.9. The Hall–Kier alpha value is -2.60. The third-order valence-corrected chi connectivity index (χ3v) is 9.45. The summed E-state index contributed by atoms with van der Waals surface area (Å²) in [4.78, 5) is 12.2. The van der Waals surface area contributed by atoms with Crippen LogP contribution in [-0.4, -0.2) is 64.2 Å². The minimum Gasteiger partial charge on any atom is -0.486 e. The van der Waals surface area contributed by atoms with E-state index in [-0.39, 0.29) is 24.5 Å². The van der Waals surface area contributed by atoms with Crippen LogP contribution in [0.4, 0.5) is 5.69 Å². The fourth-order valence-corrected chi connectivity index (χ4v) is 6.32. The van der Waals surface area contributed by atoms with Crippen molar-refractivity contribution in [3.05, 3.63) is 48.0 Å². The molecule has 0 aliphatic carbocycles. The molecule has 1 unspecified atom stereocenters. The van der Waals surface area contributed by atoms with Gasteiger partial charge in [0.1, 0.15) is 11.9 Å². The number of anilines is 1. The van der Waals surface area contributed by atoms with E-state index in [1.54, 1.807) is 43.3 Å². The first-order chi connectivity index (χ1) is 17.6. The highest BCUT2D eigenvalue weighted by Crippen LogP contribution is 2.41. The second kappa shape index (κ2) is 9.86. The van der Waals surface area contributed by atoms with Crippen LogP contribution in [0.3, 0.4) is 0 Å². The van der Waals surface area contributed by atoms with E-state index in [0.717, 1.165) is 5.56 Å². The molecule has 2 aliphatic heterocycles. The molecule has 0 radical (unpaired) electrons. The van der Waals surface area contributed by atoms with E-state index >= 15 is 0 Å². The number of rotatable bonds is 8. The molecule has 1 N–H and O–H groups in total. The highest BCUT2D eigenvalue weighted by molar-refractivity contribution is 7.92. The first kappa shape index (κ1) is 28.4. The Bertz CT molecular complexity index is 1310. The quantitative estimate of drug-likeness (QED) is 0.503. The number of methoxy groups -OCH3 is 1. The standard InChI is InChI=1S/C27H36BNO8S/c1-18-9-8-10-21(13-18)38(32,33)29-16-20(15-27(6,17-34-7)24(30)31)35-23-12-11-19(14-22(23)29)28-36-25(2,3)26(4,5)37-28/h8-14,20H,15-17H2,1-7H3,(H,30,31)/t20-,27?/m0/s1. The summed E-state index contributed by atoms with van der Waals surface area (Å²) in [6.07, 6.45) is -0.671. The predicted octanol–water partition coefficient (Wildman–Crippen LogP) is 3.38. The fourth-order valence-electron chi connectivity index (χ4n) is 4.72. The fraction of sp³-hybridized carbons (Fsp3) is 0.519. The summed E-state index contributed by atoms with van der Waals surface area (Å²) < 4.78 is 53.0. The van der Waals surface area contributed by atoms with Crippen molar-refractivity contribution in [2.24, 2.45) is 5.41 Å². The molecule has 1 fully saturated rings. The van der Waals surface area contributed by atoms with Crippen molar-refractivity contribution in [2.75, 3.05) is 24.6 Å². The largest absolute Gasteiger partial charge is 0.494 e. The number of benzene rings is 2. The predicted molar refractivity (Wildman–Crippen MR) is 145 cm³/mol. The Balaban J connectivity index is 1.77. The summed E-state index contributed by atoms with van der Waals surface area (Å²) in [7, 11) is -3.27. The molecule has 0 spiro atoms. The molecule has 38 heavy (non-hydrogen) atoms. The number of sulfonamides is 1. The molecular weight excluding hydrogens is 509 g/mol. The van der Waals surface area contributed by atoms with Crippen LogP contribution in [0, 0.1) is 12.3 Å². The van der Waals surface area contributed by atoms with Crippen LogP contribution >= 0.6 is 0 Å². The maximum atomic E-state index is 14.0. The zero-order chi connectivity index (χ0) is 28.1. The molecule has 9 nitrogen and oxygen atoms in total. The van der Waals surface area contributed by atoms with Gasteiger partial charge in [0.25, 0.3) is 10.0 Å². The van der Waals surface area contributed by atoms with Gasteiger partial charge >= 0.3 is 13.1 Å². The topological polar surface area (TPSA) is 112 Å². The van der Waals surface area contributed by atoms with Crippen molar-refractivity contribution in [1.82, 2.24) is 0 Å². The van der Waals surface area contributed by atoms with Gasteiger partial charge < -0.3 is 23.9 Å². The Morgan fingerprint density at radius 1 is 1.16 bits per heavy atom. The molecule has 2 aliphatic rings. The highest BCUT2D eigenvalue weighted by Gasteiger charge is 2.52. The number of nitrogens with zero attached hydrogens (tertiary/aromatic N) is 1. The SMILES string of the molecule is COCC(C)(C[C@H]1CN(S(=O)(=O)c2cccc(C)c2)c2cc(B3OC(C)(C)C(C)(C)O3)ccc2O1)C(=O)O. The molecule has 0 bridgehead atoms. The number of ether oxygens (including phenoxy) is 2. The van der Waals surface area contributed by atoms with E-state index in [4.69, 9.17) is 18.8 Å². The van der Waals surface area contributed by atoms with Crippen molar-refractivity contribution in [2.45, 2.75) is 70.2 Å². The first-order valence-electron chi connectivity index (χ1n) is 12.6. The lowest BCUT2D eigenvalue weighted by Gasteiger charge is -2.38. The van der Waals surface area contributed by atoms with Crippen LogP contribution in [0.2, 0.25) is 0 Å². The van der Waals surface area contributed by atoms with Crippen molar-refractivity contribution >= 4 is 34.3 Å². The molecule has 0 amide bonds. The molecule has 0 saturated carbocycles. The van der Waals surface area contributed by atoms with E-state index in [1.165, 1.54) is 11.4 Å². The molecule has 0 aromatic heterocycles. The van der Waals surface area contributed by atoms with Gasteiger partial charge in [-0.25, -0.2) is 8.42 Å². The van der Waals surface area contributed by atoms with Gasteiger partial charge in [0.15, 0.2) is 0 Å². The molecule has 2 heterocycles. The van der Waals surface area contributed by atoms with E-state index in [9.17, 15) is 18.3 Å². The molecular formula is C27H36BNO8S. The monoisotopic (exact) mass is 545 g/mol. The van der Waals surface area contributed by atoms with Crippen LogP contribution in [0.25, 0.3) is 0 Å². The molecule has 206 valence electrons. The average Bonchev–Trinajstić information content (AvgIpc) is 3.05. The van der Waals surface area contributed by atoms with Crippen molar-refractivity contribution < 1.29 is 37.1 Å². The number of aryl methyl sites for hydroxylation is 1. The number of carbonyl (C=O) groups is 1. The summed E-state index contributed by atoms with van der Waals surface area (Å²) >= 11 is 0. The zero-order valence-electron chi connectivity index (χ0n) is 23.0. The number of carboxylic acid groups (broad SMARTS) is 1. The summed E-state index contributed by atoms with van der Waals surface area (Å²) in [6.45, 7) is 11.1. The smallest absolute Gasteiger partial charge is 0.486 e. The van der Waals surface area contributed by atoms with Crippen molar-refractivity contribution in [1.29, 1.82) is 0 Å². The summed E-state index contributed by atoms with van der Waals surface area (Å²) in [5, 5.41) is 9.87. The number of carboxylic acids is 1. The van der Waals surface area contributed by atoms with Crippen LogP contribution in [0.15, 0.2) is 47.4 Å². The van der Waals surface area contributed by atoms with Gasteiger partial charge in [-0.3, -0.25) is 9.10 Å². The molecule has 2 aromatic carbocycles. The lowest BCUT2D eigenvalue weighted by atomic mass is 9.78. The van der Waals surface area contributed by atoms with E-state index in [1.807, 2.05) is 40.7 Å². The van der Waals surface area contributed by atoms with Crippen LogP contribution in [0.1, 0.15) is 46.6 Å². The maximum Gasteiger partial charge on any atom is 0.494 e. The van der Waals surface area contributed by atoms with Gasteiger partial charge in [-0.1, -0.05) is 18.2 Å². The van der Waals surface area contributed by atoms with Crippen molar-refractivity contribution in [3.8, 4) is 5.75 Å². The lowest BCUT2D eigenvalue weighted by molar-refractivity contribution is -0.153. The highest BCUT2D eigenvalue weighted by atomic mass is 32.2. The number of hydrogen-bond acceptors (Lipinski definition) is 7. The van der Waals surface area contributed by atoms with E-state index < -0.39 is 45.8 Å². The second-order valence-corrected chi connectivity index (χ2v) is 13.3. The third kappa shape index (κ3) is 5.17. The summed E-state index contributed by atoms with van der Waals surface area (Å²) in [5.41, 5.74) is -0.586. The van der Waals surface area contributed by atoms with E-state index in [0.29, 0.717) is 16.9 Å². The minimum absolute atomic E-state index is 0.0411. The van der Waals surface area contributed by atoms with Gasteiger partial charge in [-0.2, -0.15) is 0 Å². The van der Waals surface area contributed by atoms with Gasteiger partial charge in [0.2, 0.25) is 0 Å². The summed E-state index contributed by atoms with van der Waals surface area (Å²) in [5.74, 6) is -0.708. The van der Waals surface area contributed by atoms with Gasteiger partial charge in [0.05, 0.1) is 40.4 Å². The number of fused-ring (bicyclic) bond motifs is 1. The second-order valence-electron chi connectivity index (χ2n) is 11.4. The maximum absolute atomic E-state index is 14.0. The number of hydrogen-bond donors (Lipinski definition) is 1. The lowest BCUT2D eigenvalue weighted by Crippen LogP contribution is -2.48. The Labute approximate surface area is 225 Å². The molecule has 1 saturated heterocycles.